The molecule has 8 nitrogen and oxygen atoms in total. The Hall–Kier alpha value is -4.34. The molecule has 0 radical (unpaired) electrons. The van der Waals surface area contributed by atoms with Crippen molar-refractivity contribution >= 4 is 46.3 Å². The Labute approximate surface area is 227 Å². The lowest BCUT2D eigenvalue weighted by atomic mass is 10.0. The van der Waals surface area contributed by atoms with Gasteiger partial charge in [-0.1, -0.05) is 53.7 Å². The van der Waals surface area contributed by atoms with Crippen LogP contribution in [-0.4, -0.2) is 44.9 Å². The highest BCUT2D eigenvalue weighted by molar-refractivity contribution is 7.99. The molecule has 0 bridgehead atoms. The molecule has 0 atom stereocenters. The number of nitrogens with one attached hydrogen (secondary N) is 1. The van der Waals surface area contributed by atoms with Crippen molar-refractivity contribution in [3.63, 3.8) is 0 Å². The number of hydrogen-bond donors (Lipinski definition) is 2. The molecule has 0 aliphatic heterocycles. The standard InChI is InChI=1S/C28H22ClN5O3S/c1-37-22-13-6-19(7-14-22)27-32-33-28(34(27)21-11-9-20(29)10-12-21)38-17-26(36)31-30-16-24-23-5-3-2-4-18(23)8-15-25(24)35/h2-16,35H,17H2,1H3,(H,31,36). The summed E-state index contributed by atoms with van der Waals surface area (Å²) in [6.45, 7) is 0. The third-order valence-electron chi connectivity index (χ3n) is 5.73. The lowest BCUT2D eigenvalue weighted by Crippen LogP contribution is -2.20. The van der Waals surface area contributed by atoms with E-state index in [1.54, 1.807) is 25.3 Å². The molecule has 0 aliphatic rings. The molecule has 38 heavy (non-hydrogen) atoms. The van der Waals surface area contributed by atoms with E-state index in [1.807, 2.05) is 71.3 Å². The van der Waals surface area contributed by atoms with Crippen molar-refractivity contribution in [2.45, 2.75) is 5.16 Å². The highest BCUT2D eigenvalue weighted by Crippen LogP contribution is 2.30. The van der Waals surface area contributed by atoms with E-state index >= 15 is 0 Å². The van der Waals surface area contributed by atoms with Crippen LogP contribution in [0.25, 0.3) is 27.8 Å². The van der Waals surface area contributed by atoms with Crippen LogP contribution in [0.5, 0.6) is 11.5 Å². The van der Waals surface area contributed by atoms with Crippen molar-refractivity contribution in [2.75, 3.05) is 12.9 Å². The first-order valence-corrected chi connectivity index (χ1v) is 12.9. The molecular weight excluding hydrogens is 522 g/mol. The second-order valence-electron chi connectivity index (χ2n) is 8.15. The molecule has 0 spiro atoms. The summed E-state index contributed by atoms with van der Waals surface area (Å²) in [5, 5.41) is 26.0. The summed E-state index contributed by atoms with van der Waals surface area (Å²) in [7, 11) is 1.61. The van der Waals surface area contributed by atoms with Crippen molar-refractivity contribution in [3.8, 4) is 28.6 Å². The van der Waals surface area contributed by atoms with Crippen LogP contribution in [0, 0.1) is 0 Å². The Balaban J connectivity index is 1.34. The molecular formula is C28H22ClN5O3S. The van der Waals surface area contributed by atoms with Gasteiger partial charge in [0, 0.05) is 21.8 Å². The number of aromatic hydroxyl groups is 1. The summed E-state index contributed by atoms with van der Waals surface area (Å²) in [5.74, 6) is 1.14. The fourth-order valence-corrected chi connectivity index (χ4v) is 4.73. The third kappa shape index (κ3) is 5.49. The van der Waals surface area contributed by atoms with Gasteiger partial charge in [-0.15, -0.1) is 10.2 Å². The smallest absolute Gasteiger partial charge is 0.250 e. The molecule has 1 amide bonds. The van der Waals surface area contributed by atoms with E-state index in [4.69, 9.17) is 16.3 Å². The van der Waals surface area contributed by atoms with Crippen molar-refractivity contribution in [1.29, 1.82) is 0 Å². The summed E-state index contributed by atoms with van der Waals surface area (Å²) >= 11 is 7.32. The zero-order chi connectivity index (χ0) is 26.5. The van der Waals surface area contributed by atoms with Gasteiger partial charge in [0.25, 0.3) is 5.91 Å². The first-order chi connectivity index (χ1) is 18.5. The maximum atomic E-state index is 12.6. The molecule has 0 aliphatic carbocycles. The number of nitrogens with zero attached hydrogens (tertiary/aromatic N) is 4. The predicted octanol–water partition coefficient (Wildman–Crippen LogP) is 5.70. The lowest BCUT2D eigenvalue weighted by molar-refractivity contribution is -0.118. The van der Waals surface area contributed by atoms with Gasteiger partial charge in [0.2, 0.25) is 0 Å². The Morgan fingerprint density at radius 1 is 1.05 bits per heavy atom. The van der Waals surface area contributed by atoms with E-state index < -0.39 is 0 Å². The molecule has 1 aromatic heterocycles. The minimum Gasteiger partial charge on any atom is -0.507 e. The summed E-state index contributed by atoms with van der Waals surface area (Å²) < 4.78 is 7.13. The normalized spacial score (nSPS) is 11.2. The molecule has 190 valence electrons. The highest BCUT2D eigenvalue weighted by atomic mass is 35.5. The number of methoxy groups -OCH3 is 1. The van der Waals surface area contributed by atoms with Crippen LogP contribution in [0.2, 0.25) is 5.02 Å². The third-order valence-corrected chi connectivity index (χ3v) is 6.91. The molecule has 5 rings (SSSR count). The molecule has 0 saturated heterocycles. The number of rotatable bonds is 8. The Morgan fingerprint density at radius 3 is 2.58 bits per heavy atom. The van der Waals surface area contributed by atoms with Crippen molar-refractivity contribution in [3.05, 3.63) is 95.5 Å². The molecule has 4 aromatic carbocycles. The van der Waals surface area contributed by atoms with E-state index in [1.165, 1.54) is 18.0 Å². The van der Waals surface area contributed by atoms with Crippen molar-refractivity contribution in [2.24, 2.45) is 5.10 Å². The van der Waals surface area contributed by atoms with Crippen LogP contribution in [0.1, 0.15) is 5.56 Å². The topological polar surface area (TPSA) is 102 Å². The summed E-state index contributed by atoms with van der Waals surface area (Å²) in [6.07, 6.45) is 1.44. The van der Waals surface area contributed by atoms with E-state index in [-0.39, 0.29) is 17.4 Å². The average Bonchev–Trinajstić information content (AvgIpc) is 3.37. The maximum absolute atomic E-state index is 12.6. The Kier molecular flexibility index (Phi) is 7.57. The van der Waals surface area contributed by atoms with Crippen LogP contribution < -0.4 is 10.2 Å². The van der Waals surface area contributed by atoms with Crippen molar-refractivity contribution < 1.29 is 14.6 Å². The zero-order valence-electron chi connectivity index (χ0n) is 20.2. The van der Waals surface area contributed by atoms with Gasteiger partial charge in [-0.2, -0.15) is 5.10 Å². The highest BCUT2D eigenvalue weighted by Gasteiger charge is 2.17. The van der Waals surface area contributed by atoms with Gasteiger partial charge in [-0.05, 0) is 65.4 Å². The molecule has 0 saturated carbocycles. The van der Waals surface area contributed by atoms with Crippen LogP contribution in [0.15, 0.2) is 95.2 Å². The van der Waals surface area contributed by atoms with E-state index in [0.29, 0.717) is 21.6 Å². The number of hydrazone groups is 1. The maximum Gasteiger partial charge on any atom is 0.250 e. The number of amides is 1. The number of carbonyl (C=O) groups is 1. The molecule has 0 fully saturated rings. The second kappa shape index (κ2) is 11.4. The number of phenols is 1. The minimum atomic E-state index is -0.331. The van der Waals surface area contributed by atoms with Gasteiger partial charge < -0.3 is 9.84 Å². The number of halogens is 1. The number of carbonyl (C=O) groups excluding carboxylic acids is 1. The number of fused-ring (bicyclic) bond motifs is 1. The monoisotopic (exact) mass is 543 g/mol. The van der Waals surface area contributed by atoms with Gasteiger partial charge in [0.15, 0.2) is 11.0 Å². The molecule has 5 aromatic rings. The SMILES string of the molecule is COc1ccc(-c2nnc(SCC(=O)NN=Cc3c(O)ccc4ccccc34)n2-c2ccc(Cl)cc2)cc1. The number of thioether (sulfide) groups is 1. The fourth-order valence-electron chi connectivity index (χ4n) is 3.86. The summed E-state index contributed by atoms with van der Waals surface area (Å²) in [4.78, 5) is 12.6. The lowest BCUT2D eigenvalue weighted by Gasteiger charge is -2.11. The first-order valence-electron chi connectivity index (χ1n) is 11.5. The largest absolute Gasteiger partial charge is 0.507 e. The van der Waals surface area contributed by atoms with Gasteiger partial charge in [0.1, 0.15) is 11.5 Å². The van der Waals surface area contributed by atoms with Crippen LogP contribution >= 0.6 is 23.4 Å². The van der Waals surface area contributed by atoms with E-state index in [9.17, 15) is 9.90 Å². The number of aromatic nitrogens is 3. The minimum absolute atomic E-state index is 0.0488. The second-order valence-corrected chi connectivity index (χ2v) is 9.53. The van der Waals surface area contributed by atoms with Gasteiger partial charge >= 0.3 is 0 Å². The quantitative estimate of drug-likeness (QED) is 0.148. The molecule has 1 heterocycles. The number of phenolic OH excluding ortho intramolecular Hbond substituents is 1. The zero-order valence-corrected chi connectivity index (χ0v) is 21.8. The summed E-state index contributed by atoms with van der Waals surface area (Å²) in [5.41, 5.74) is 4.69. The van der Waals surface area contributed by atoms with Gasteiger partial charge in [-0.25, -0.2) is 5.43 Å². The Morgan fingerprint density at radius 2 is 1.82 bits per heavy atom. The van der Waals surface area contributed by atoms with E-state index in [2.05, 4.69) is 20.7 Å². The predicted molar refractivity (Wildman–Crippen MR) is 150 cm³/mol. The number of benzene rings is 4. The van der Waals surface area contributed by atoms with Crippen LogP contribution in [0.4, 0.5) is 0 Å². The number of hydrogen-bond acceptors (Lipinski definition) is 7. The van der Waals surface area contributed by atoms with Gasteiger partial charge in [0.05, 0.1) is 19.1 Å². The average molecular weight is 544 g/mol. The van der Waals surface area contributed by atoms with Crippen LogP contribution in [0.3, 0.4) is 0 Å². The molecule has 2 N–H and O–H groups in total. The van der Waals surface area contributed by atoms with E-state index in [0.717, 1.165) is 27.8 Å². The van der Waals surface area contributed by atoms with Crippen LogP contribution in [-0.2, 0) is 4.79 Å². The Bertz CT molecular complexity index is 1620. The summed E-state index contributed by atoms with van der Waals surface area (Å²) in [6, 6.07) is 25.9. The first kappa shape index (κ1) is 25.3. The number of ether oxygens (including phenoxy) is 1. The molecule has 0 unspecified atom stereocenters. The van der Waals surface area contributed by atoms with Crippen molar-refractivity contribution in [1.82, 2.24) is 20.2 Å². The van der Waals surface area contributed by atoms with Gasteiger partial charge in [-0.3, -0.25) is 9.36 Å². The fraction of sp³-hybridized carbons (Fsp3) is 0.0714. The molecule has 10 heteroatoms.